The molecule has 0 spiro atoms. The molecule has 0 aliphatic rings. The Kier molecular flexibility index (Phi) is 5.65. The Bertz CT molecular complexity index is 1090. The number of carbonyl (C=O) groups excluding carboxylic acids is 1. The molecule has 0 bridgehead atoms. The minimum Gasteiger partial charge on any atom is -0.457 e. The third-order valence-electron chi connectivity index (χ3n) is 3.77. The lowest BCUT2D eigenvalue weighted by molar-refractivity contribution is 0.102. The molecule has 0 saturated carbocycles. The van der Waals surface area contributed by atoms with Crippen LogP contribution in [0, 0.1) is 6.92 Å². The Hall–Kier alpha value is -3.32. The van der Waals surface area contributed by atoms with Crippen molar-refractivity contribution in [3.63, 3.8) is 0 Å². The van der Waals surface area contributed by atoms with E-state index in [2.05, 4.69) is 10.0 Å². The Morgan fingerprint density at radius 2 is 1.57 bits per heavy atom. The smallest absolute Gasteiger partial charge is 0.255 e. The van der Waals surface area contributed by atoms with Gasteiger partial charge in [0.15, 0.2) is 0 Å². The van der Waals surface area contributed by atoms with E-state index in [4.69, 9.17) is 4.74 Å². The van der Waals surface area contributed by atoms with Crippen molar-refractivity contribution in [3.05, 3.63) is 83.9 Å². The van der Waals surface area contributed by atoms with Gasteiger partial charge in [0, 0.05) is 16.9 Å². The van der Waals surface area contributed by atoms with Crippen LogP contribution in [0.1, 0.15) is 15.9 Å². The molecule has 0 heterocycles. The van der Waals surface area contributed by atoms with E-state index in [-0.39, 0.29) is 5.91 Å². The van der Waals surface area contributed by atoms with Crippen molar-refractivity contribution in [1.82, 2.24) is 0 Å². The normalized spacial score (nSPS) is 10.9. The number of aryl methyl sites for hydroxylation is 1. The van der Waals surface area contributed by atoms with Gasteiger partial charge in [0.25, 0.3) is 5.91 Å². The number of ether oxygens (including phenoxy) is 1. The Morgan fingerprint density at radius 3 is 2.25 bits per heavy atom. The van der Waals surface area contributed by atoms with Crippen LogP contribution in [0.4, 0.5) is 11.4 Å². The van der Waals surface area contributed by atoms with Crippen LogP contribution in [-0.2, 0) is 10.0 Å². The second kappa shape index (κ2) is 8.14. The molecule has 0 radical (unpaired) electrons. The summed E-state index contributed by atoms with van der Waals surface area (Å²) in [6, 6.07) is 21.0. The van der Waals surface area contributed by atoms with Crippen LogP contribution in [0.2, 0.25) is 0 Å². The fourth-order valence-corrected chi connectivity index (χ4v) is 3.12. The van der Waals surface area contributed by atoms with E-state index in [1.165, 1.54) is 6.07 Å². The molecule has 28 heavy (non-hydrogen) atoms. The minimum atomic E-state index is -3.41. The van der Waals surface area contributed by atoms with E-state index in [0.717, 1.165) is 17.6 Å². The number of hydrogen-bond donors (Lipinski definition) is 2. The predicted molar refractivity (Wildman–Crippen MR) is 111 cm³/mol. The van der Waals surface area contributed by atoms with Crippen molar-refractivity contribution in [2.45, 2.75) is 6.92 Å². The van der Waals surface area contributed by atoms with Gasteiger partial charge in [-0.15, -0.1) is 0 Å². The SMILES string of the molecule is Cc1cccc(Oc2ccc(NC(=O)c3cccc(NS(C)(=O)=O)c3)cc2)c1. The second-order valence-electron chi connectivity index (χ2n) is 6.35. The lowest BCUT2D eigenvalue weighted by atomic mass is 10.2. The summed E-state index contributed by atoms with van der Waals surface area (Å²) in [4.78, 5) is 12.4. The first-order chi connectivity index (χ1) is 13.3. The van der Waals surface area contributed by atoms with Gasteiger partial charge in [-0.2, -0.15) is 0 Å². The quantitative estimate of drug-likeness (QED) is 0.646. The van der Waals surface area contributed by atoms with Crippen LogP contribution in [0.15, 0.2) is 72.8 Å². The van der Waals surface area contributed by atoms with Gasteiger partial charge >= 0.3 is 0 Å². The summed E-state index contributed by atoms with van der Waals surface area (Å²) in [6.07, 6.45) is 1.06. The lowest BCUT2D eigenvalue weighted by Crippen LogP contribution is -2.13. The number of rotatable bonds is 6. The molecule has 3 aromatic rings. The van der Waals surface area contributed by atoms with E-state index in [1.807, 2.05) is 31.2 Å². The van der Waals surface area contributed by atoms with Crippen molar-refractivity contribution in [2.24, 2.45) is 0 Å². The molecule has 0 saturated heterocycles. The average molecular weight is 396 g/mol. The van der Waals surface area contributed by atoms with Crippen LogP contribution in [0.25, 0.3) is 0 Å². The number of nitrogens with one attached hydrogen (secondary N) is 2. The van der Waals surface area contributed by atoms with Crippen molar-refractivity contribution in [2.75, 3.05) is 16.3 Å². The molecule has 0 aromatic heterocycles. The first-order valence-corrected chi connectivity index (χ1v) is 10.4. The zero-order chi connectivity index (χ0) is 20.1. The van der Waals surface area contributed by atoms with Crippen LogP contribution in [-0.4, -0.2) is 20.6 Å². The predicted octanol–water partition coefficient (Wildman–Crippen LogP) is 4.41. The maximum absolute atomic E-state index is 12.4. The summed E-state index contributed by atoms with van der Waals surface area (Å²) in [5.74, 6) is 1.06. The van der Waals surface area contributed by atoms with Gasteiger partial charge in [-0.3, -0.25) is 9.52 Å². The van der Waals surface area contributed by atoms with Crippen molar-refractivity contribution < 1.29 is 17.9 Å². The molecule has 0 fully saturated rings. The van der Waals surface area contributed by atoms with E-state index < -0.39 is 10.0 Å². The maximum Gasteiger partial charge on any atom is 0.255 e. The summed E-state index contributed by atoms with van der Waals surface area (Å²) in [7, 11) is -3.41. The molecule has 3 rings (SSSR count). The van der Waals surface area contributed by atoms with Gasteiger partial charge in [0.1, 0.15) is 11.5 Å². The van der Waals surface area contributed by atoms with Gasteiger partial charge in [-0.05, 0) is 67.1 Å². The Morgan fingerprint density at radius 1 is 0.857 bits per heavy atom. The van der Waals surface area contributed by atoms with Gasteiger partial charge < -0.3 is 10.1 Å². The van der Waals surface area contributed by atoms with Crippen LogP contribution in [0.5, 0.6) is 11.5 Å². The van der Waals surface area contributed by atoms with Crippen LogP contribution >= 0.6 is 0 Å². The minimum absolute atomic E-state index is 0.331. The molecular formula is C21H20N2O4S. The molecule has 0 atom stereocenters. The fraction of sp³-hybridized carbons (Fsp3) is 0.0952. The third-order valence-corrected chi connectivity index (χ3v) is 4.37. The number of hydrogen-bond acceptors (Lipinski definition) is 4. The lowest BCUT2D eigenvalue weighted by Gasteiger charge is -2.10. The van der Waals surface area contributed by atoms with Crippen LogP contribution in [0.3, 0.4) is 0 Å². The highest BCUT2D eigenvalue weighted by Gasteiger charge is 2.09. The first kappa shape index (κ1) is 19.4. The Labute approximate surface area is 164 Å². The first-order valence-electron chi connectivity index (χ1n) is 8.52. The summed E-state index contributed by atoms with van der Waals surface area (Å²) in [5.41, 5.74) is 2.38. The molecule has 1 amide bonds. The molecule has 3 aromatic carbocycles. The summed E-state index contributed by atoms with van der Waals surface area (Å²) >= 11 is 0. The molecule has 7 heteroatoms. The van der Waals surface area contributed by atoms with E-state index in [1.54, 1.807) is 42.5 Å². The highest BCUT2D eigenvalue weighted by molar-refractivity contribution is 7.92. The average Bonchev–Trinajstić information content (AvgIpc) is 2.62. The van der Waals surface area contributed by atoms with Gasteiger partial charge in [-0.1, -0.05) is 18.2 Å². The fourth-order valence-electron chi connectivity index (χ4n) is 2.56. The molecule has 0 unspecified atom stereocenters. The van der Waals surface area contributed by atoms with Crippen molar-refractivity contribution in [3.8, 4) is 11.5 Å². The zero-order valence-electron chi connectivity index (χ0n) is 15.5. The largest absolute Gasteiger partial charge is 0.457 e. The molecule has 2 N–H and O–H groups in total. The van der Waals surface area contributed by atoms with Crippen molar-refractivity contribution in [1.29, 1.82) is 0 Å². The van der Waals surface area contributed by atoms with Gasteiger partial charge in [-0.25, -0.2) is 8.42 Å². The molecule has 0 aliphatic carbocycles. The topological polar surface area (TPSA) is 84.5 Å². The number of amides is 1. The number of carbonyl (C=O) groups is 1. The van der Waals surface area contributed by atoms with Crippen LogP contribution < -0.4 is 14.8 Å². The summed E-state index contributed by atoms with van der Waals surface area (Å²) < 4.78 is 30.8. The number of anilines is 2. The van der Waals surface area contributed by atoms with E-state index >= 15 is 0 Å². The van der Waals surface area contributed by atoms with E-state index in [0.29, 0.717) is 22.7 Å². The molecule has 144 valence electrons. The monoisotopic (exact) mass is 396 g/mol. The summed E-state index contributed by atoms with van der Waals surface area (Å²) in [5, 5.41) is 2.78. The maximum atomic E-state index is 12.4. The Balaban J connectivity index is 1.67. The molecule has 0 aliphatic heterocycles. The van der Waals surface area contributed by atoms with Gasteiger partial charge in [0.2, 0.25) is 10.0 Å². The molecule has 6 nitrogen and oxygen atoms in total. The highest BCUT2D eigenvalue weighted by Crippen LogP contribution is 2.24. The highest BCUT2D eigenvalue weighted by atomic mass is 32.2. The standard InChI is InChI=1S/C21H20N2O4S/c1-15-5-3-8-20(13-15)27-19-11-9-17(10-12-19)22-21(24)16-6-4-7-18(14-16)23-28(2,25)26/h3-14,23H,1-2H3,(H,22,24). The molecular weight excluding hydrogens is 376 g/mol. The number of sulfonamides is 1. The number of benzene rings is 3. The zero-order valence-corrected chi connectivity index (χ0v) is 16.3. The summed E-state index contributed by atoms with van der Waals surface area (Å²) in [6.45, 7) is 1.99. The van der Waals surface area contributed by atoms with Crippen molar-refractivity contribution >= 4 is 27.3 Å². The van der Waals surface area contributed by atoms with Gasteiger partial charge in [0.05, 0.1) is 6.26 Å². The third kappa shape index (κ3) is 5.59. The van der Waals surface area contributed by atoms with E-state index in [9.17, 15) is 13.2 Å². The second-order valence-corrected chi connectivity index (χ2v) is 8.10.